The summed E-state index contributed by atoms with van der Waals surface area (Å²) in [5, 5.41) is 13.1. The second-order valence-electron chi connectivity index (χ2n) is 11.3. The highest BCUT2D eigenvalue weighted by molar-refractivity contribution is 6.01. The van der Waals surface area contributed by atoms with Crippen molar-refractivity contribution in [3.05, 3.63) is 89.4 Å². The van der Waals surface area contributed by atoms with Crippen LogP contribution < -0.4 is 10.1 Å². The summed E-state index contributed by atoms with van der Waals surface area (Å²) < 4.78 is 9.26. The van der Waals surface area contributed by atoms with E-state index in [4.69, 9.17) is 14.9 Å². The van der Waals surface area contributed by atoms with Crippen molar-refractivity contribution in [2.45, 2.75) is 77.3 Å². The van der Waals surface area contributed by atoms with Crippen LogP contribution in [0.3, 0.4) is 0 Å². The maximum Gasteiger partial charge on any atom is 0.169 e. The number of aromatic nitrogens is 4. The molecule has 1 atom stereocenters. The third-order valence-corrected chi connectivity index (χ3v) is 8.61. The van der Waals surface area contributed by atoms with Crippen LogP contribution in [-0.4, -0.2) is 32.5 Å². The Labute approximate surface area is 231 Å². The zero-order valence-corrected chi connectivity index (χ0v) is 23.9. The summed E-state index contributed by atoms with van der Waals surface area (Å²) >= 11 is 0. The van der Waals surface area contributed by atoms with Crippen LogP contribution in [0.5, 0.6) is 5.75 Å². The largest absolute Gasteiger partial charge is 0.497 e. The molecule has 0 saturated carbocycles. The van der Waals surface area contributed by atoms with Crippen molar-refractivity contribution < 1.29 is 9.53 Å². The zero-order chi connectivity index (χ0) is 27.8. The Morgan fingerprint density at radius 1 is 1.05 bits per heavy atom. The van der Waals surface area contributed by atoms with Crippen molar-refractivity contribution >= 4 is 11.6 Å². The Hall–Kier alpha value is -3.87. The molecule has 4 aromatic rings. The van der Waals surface area contributed by atoms with Gasteiger partial charge in [-0.2, -0.15) is 10.2 Å². The summed E-state index contributed by atoms with van der Waals surface area (Å²) in [6.45, 7) is 10.8. The molecule has 0 bridgehead atoms. The number of benzene rings is 2. The van der Waals surface area contributed by atoms with Gasteiger partial charge in [-0.05, 0) is 69.9 Å². The lowest BCUT2D eigenvalue weighted by atomic mass is 9.71. The zero-order valence-electron chi connectivity index (χ0n) is 23.9. The van der Waals surface area contributed by atoms with Gasteiger partial charge in [-0.1, -0.05) is 44.2 Å². The molecule has 1 unspecified atom stereocenters. The predicted octanol–water partition coefficient (Wildman–Crippen LogP) is 7.01. The number of Topliss-reactive ketones (excluding diaryl/α,β-unsaturated/α-hetero) is 1. The first kappa shape index (κ1) is 26.7. The van der Waals surface area contributed by atoms with Crippen molar-refractivity contribution in [3.63, 3.8) is 0 Å². The third kappa shape index (κ3) is 4.75. The molecule has 0 amide bonds. The fourth-order valence-electron chi connectivity index (χ4n) is 6.13. The lowest BCUT2D eigenvalue weighted by Crippen LogP contribution is -2.38. The van der Waals surface area contributed by atoms with Crippen LogP contribution in [0.1, 0.15) is 86.6 Å². The van der Waals surface area contributed by atoms with Gasteiger partial charge in [0, 0.05) is 23.1 Å². The van der Waals surface area contributed by atoms with Crippen LogP contribution in [0.15, 0.2) is 67.0 Å². The van der Waals surface area contributed by atoms with Crippen LogP contribution in [0.25, 0.3) is 5.69 Å². The number of hydrogen-bond acceptors (Lipinski definition) is 5. The highest BCUT2D eigenvalue weighted by Crippen LogP contribution is 2.43. The Bertz CT molecular complexity index is 1450. The van der Waals surface area contributed by atoms with E-state index in [1.54, 1.807) is 13.3 Å². The molecule has 7 nitrogen and oxygen atoms in total. The number of ether oxygens (including phenoxy) is 1. The van der Waals surface area contributed by atoms with E-state index in [2.05, 4.69) is 64.2 Å². The monoisotopic (exact) mass is 525 g/mol. The minimum atomic E-state index is -0.330. The molecule has 2 aromatic heterocycles. The van der Waals surface area contributed by atoms with Crippen LogP contribution >= 0.6 is 0 Å². The van der Waals surface area contributed by atoms with Gasteiger partial charge in [0.05, 0.1) is 42.3 Å². The second-order valence-corrected chi connectivity index (χ2v) is 11.3. The van der Waals surface area contributed by atoms with Crippen molar-refractivity contribution in [2.24, 2.45) is 0 Å². The maximum atomic E-state index is 14.1. The quantitative estimate of drug-likeness (QED) is 0.238. The molecule has 0 saturated heterocycles. The van der Waals surface area contributed by atoms with E-state index < -0.39 is 0 Å². The fourth-order valence-corrected chi connectivity index (χ4v) is 6.13. The van der Waals surface area contributed by atoms with E-state index >= 15 is 0 Å². The van der Waals surface area contributed by atoms with E-state index in [-0.39, 0.29) is 22.8 Å². The average molecular weight is 526 g/mol. The van der Waals surface area contributed by atoms with Gasteiger partial charge in [0.1, 0.15) is 11.6 Å². The summed E-state index contributed by atoms with van der Waals surface area (Å²) in [7, 11) is 1.66. The number of nitrogens with one attached hydrogen (secondary N) is 1. The van der Waals surface area contributed by atoms with Gasteiger partial charge >= 0.3 is 0 Å². The van der Waals surface area contributed by atoms with Gasteiger partial charge in [0.15, 0.2) is 5.78 Å². The number of anilines is 1. The molecule has 3 heterocycles. The van der Waals surface area contributed by atoms with Crippen molar-refractivity contribution in [2.75, 3.05) is 12.4 Å². The van der Waals surface area contributed by atoms with Crippen LogP contribution in [0.4, 0.5) is 5.82 Å². The molecule has 0 aliphatic carbocycles. The first-order chi connectivity index (χ1) is 18.7. The van der Waals surface area contributed by atoms with Crippen LogP contribution in [-0.2, 0) is 11.0 Å². The van der Waals surface area contributed by atoms with Gasteiger partial charge in [-0.15, -0.1) is 0 Å². The lowest BCUT2D eigenvalue weighted by Gasteiger charge is -2.38. The molecule has 1 aliphatic heterocycles. The number of carbonyl (C=O) groups excluding carboxylic acids is 1. The summed E-state index contributed by atoms with van der Waals surface area (Å²) in [6.07, 6.45) is 6.64. The molecule has 0 spiro atoms. The van der Waals surface area contributed by atoms with E-state index in [0.717, 1.165) is 47.8 Å². The summed E-state index contributed by atoms with van der Waals surface area (Å²) in [5.41, 5.74) is 4.47. The van der Waals surface area contributed by atoms with Gasteiger partial charge in [-0.25, -0.2) is 9.36 Å². The number of nitrogens with zero attached hydrogens (tertiary/aromatic N) is 4. The Kier molecular flexibility index (Phi) is 7.10. The minimum Gasteiger partial charge on any atom is -0.497 e. The number of carbonyl (C=O) groups is 1. The number of hydrogen-bond donors (Lipinski definition) is 1. The summed E-state index contributed by atoms with van der Waals surface area (Å²) in [4.78, 5) is 14.1. The van der Waals surface area contributed by atoms with E-state index in [1.165, 1.54) is 5.56 Å². The van der Waals surface area contributed by atoms with Crippen molar-refractivity contribution in [1.29, 1.82) is 0 Å². The molecular formula is C32H39N5O2. The first-order valence-corrected chi connectivity index (χ1v) is 13.9. The molecule has 1 N–H and O–H groups in total. The molecule has 7 heteroatoms. The van der Waals surface area contributed by atoms with Gasteiger partial charge in [-0.3, -0.25) is 4.79 Å². The standard InChI is InChI=1S/C32H39N5O2/c1-7-32(8-2,27-21-33-36(22(27)3)24-14-16-25(39-6)17-15-24)19-29(38)26-20-34-37-30(26)35-28(18-31(37,4)5)23-12-10-9-11-13-23/h9-17,20-21,28,35H,7-8,18-19H2,1-6H3. The number of ketones is 1. The Balaban J connectivity index is 1.46. The van der Waals surface area contributed by atoms with Crippen molar-refractivity contribution in [1.82, 2.24) is 19.6 Å². The molecule has 2 aromatic carbocycles. The highest BCUT2D eigenvalue weighted by atomic mass is 16.5. The molecule has 204 valence electrons. The predicted molar refractivity (Wildman–Crippen MR) is 155 cm³/mol. The summed E-state index contributed by atoms with van der Waals surface area (Å²) in [5.74, 6) is 1.73. The molecule has 0 radical (unpaired) electrons. The van der Waals surface area contributed by atoms with Crippen LogP contribution in [0, 0.1) is 6.92 Å². The van der Waals surface area contributed by atoms with Crippen molar-refractivity contribution in [3.8, 4) is 11.4 Å². The van der Waals surface area contributed by atoms with Gasteiger partial charge in [0.2, 0.25) is 0 Å². The van der Waals surface area contributed by atoms with E-state index in [0.29, 0.717) is 12.0 Å². The van der Waals surface area contributed by atoms with E-state index in [9.17, 15) is 4.79 Å². The topological polar surface area (TPSA) is 74.0 Å². The summed E-state index contributed by atoms with van der Waals surface area (Å²) in [6, 6.07) is 18.4. The molecule has 5 rings (SSSR count). The van der Waals surface area contributed by atoms with Gasteiger partial charge in [0.25, 0.3) is 0 Å². The lowest BCUT2D eigenvalue weighted by molar-refractivity contribution is 0.0944. The van der Waals surface area contributed by atoms with E-state index in [1.807, 2.05) is 45.9 Å². The fraction of sp³-hybridized carbons (Fsp3) is 0.406. The first-order valence-electron chi connectivity index (χ1n) is 13.9. The molecule has 1 aliphatic rings. The number of rotatable bonds is 9. The van der Waals surface area contributed by atoms with Crippen LogP contribution in [0.2, 0.25) is 0 Å². The SMILES string of the molecule is CCC(CC)(CC(=O)c1cnn2c1NC(c1ccccc1)CC2(C)C)c1cnn(-c2ccc(OC)cc2)c1C. The maximum absolute atomic E-state index is 14.1. The molecular weight excluding hydrogens is 486 g/mol. The number of methoxy groups -OCH3 is 1. The second kappa shape index (κ2) is 10.4. The Morgan fingerprint density at radius 2 is 1.74 bits per heavy atom. The van der Waals surface area contributed by atoms with Gasteiger partial charge < -0.3 is 10.1 Å². The third-order valence-electron chi connectivity index (χ3n) is 8.61. The minimum absolute atomic E-state index is 0.105. The Morgan fingerprint density at radius 3 is 2.38 bits per heavy atom. The molecule has 0 fully saturated rings. The normalized spacial score (nSPS) is 16.4. The average Bonchev–Trinajstić information content (AvgIpc) is 3.57. The smallest absolute Gasteiger partial charge is 0.169 e. The highest BCUT2D eigenvalue weighted by Gasteiger charge is 2.39. The molecule has 39 heavy (non-hydrogen) atoms. The number of fused-ring (bicyclic) bond motifs is 1.